The lowest BCUT2D eigenvalue weighted by atomic mass is 9.93. The molecule has 0 unspecified atom stereocenters. The molecule has 3 aliphatic heterocycles. The second-order valence-corrected chi connectivity index (χ2v) is 8.69. The standard InChI is InChI=1S/C22H30N4O3/c1-16-2-3-18-19(14-16)24-20(23-18)15-25-8-4-17(5-9-25)21(27)26-10-6-22(7-11-26)28-12-13-29-22/h2-3,14,17H,4-13,15H2,1H3,(H,23,24). The maximum atomic E-state index is 13.0. The number of carbonyl (C=O) groups excluding carboxylic acids is 1. The summed E-state index contributed by atoms with van der Waals surface area (Å²) in [6, 6.07) is 6.30. The Morgan fingerprint density at radius 3 is 2.62 bits per heavy atom. The highest BCUT2D eigenvalue weighted by molar-refractivity contribution is 5.79. The van der Waals surface area contributed by atoms with Crippen molar-refractivity contribution < 1.29 is 14.3 Å². The molecule has 0 atom stereocenters. The van der Waals surface area contributed by atoms with Gasteiger partial charge >= 0.3 is 0 Å². The van der Waals surface area contributed by atoms with E-state index in [0.717, 1.165) is 75.3 Å². The monoisotopic (exact) mass is 398 g/mol. The van der Waals surface area contributed by atoms with Crippen LogP contribution in [0.2, 0.25) is 0 Å². The molecule has 7 heteroatoms. The van der Waals surface area contributed by atoms with Crippen LogP contribution in [0.15, 0.2) is 18.2 Å². The van der Waals surface area contributed by atoms with E-state index in [9.17, 15) is 4.79 Å². The first-order valence-electron chi connectivity index (χ1n) is 10.8. The lowest BCUT2D eigenvalue weighted by Crippen LogP contribution is -2.50. The molecule has 7 nitrogen and oxygen atoms in total. The minimum absolute atomic E-state index is 0.143. The van der Waals surface area contributed by atoms with Crippen molar-refractivity contribution in [1.82, 2.24) is 19.8 Å². The Labute approximate surface area is 171 Å². The topological polar surface area (TPSA) is 70.7 Å². The predicted molar refractivity (Wildman–Crippen MR) is 109 cm³/mol. The molecule has 3 fully saturated rings. The minimum Gasteiger partial charge on any atom is -0.347 e. The fourth-order valence-corrected chi connectivity index (χ4v) is 4.91. The molecule has 1 aromatic carbocycles. The Balaban J connectivity index is 1.12. The number of piperidine rings is 2. The minimum atomic E-state index is -0.411. The van der Waals surface area contributed by atoms with E-state index in [-0.39, 0.29) is 5.92 Å². The molecule has 4 heterocycles. The summed E-state index contributed by atoms with van der Waals surface area (Å²) in [6.07, 6.45) is 3.44. The Kier molecular flexibility index (Phi) is 5.05. The molecule has 5 rings (SSSR count). The van der Waals surface area contributed by atoms with Crippen LogP contribution in [0.25, 0.3) is 11.0 Å². The Hall–Kier alpha value is -1.96. The molecular formula is C22H30N4O3. The van der Waals surface area contributed by atoms with Crippen molar-refractivity contribution in [3.8, 4) is 0 Å². The zero-order chi connectivity index (χ0) is 19.8. The van der Waals surface area contributed by atoms with E-state index in [1.807, 2.05) is 4.90 Å². The van der Waals surface area contributed by atoms with Crippen molar-refractivity contribution in [3.63, 3.8) is 0 Å². The molecule has 3 aliphatic rings. The van der Waals surface area contributed by atoms with E-state index in [1.54, 1.807) is 0 Å². The number of amides is 1. The van der Waals surface area contributed by atoms with Crippen LogP contribution in [0.1, 0.15) is 37.1 Å². The highest BCUT2D eigenvalue weighted by Crippen LogP contribution is 2.32. The van der Waals surface area contributed by atoms with Gasteiger partial charge in [0.2, 0.25) is 5.91 Å². The lowest BCUT2D eigenvalue weighted by Gasteiger charge is -2.40. The molecule has 0 saturated carbocycles. The smallest absolute Gasteiger partial charge is 0.225 e. The van der Waals surface area contributed by atoms with E-state index in [0.29, 0.717) is 19.1 Å². The number of H-pyrrole nitrogens is 1. The number of aryl methyl sites for hydroxylation is 1. The summed E-state index contributed by atoms with van der Waals surface area (Å²) in [6.45, 7) is 7.64. The van der Waals surface area contributed by atoms with Crippen molar-refractivity contribution in [2.75, 3.05) is 39.4 Å². The van der Waals surface area contributed by atoms with Gasteiger partial charge in [0.1, 0.15) is 5.82 Å². The summed E-state index contributed by atoms with van der Waals surface area (Å²) >= 11 is 0. The number of benzene rings is 1. The summed E-state index contributed by atoms with van der Waals surface area (Å²) in [5.41, 5.74) is 3.36. The third kappa shape index (κ3) is 3.91. The Morgan fingerprint density at radius 1 is 1.17 bits per heavy atom. The zero-order valence-electron chi connectivity index (χ0n) is 17.2. The van der Waals surface area contributed by atoms with Gasteiger partial charge in [-0.2, -0.15) is 0 Å². The second kappa shape index (κ2) is 7.70. The molecule has 156 valence electrons. The second-order valence-electron chi connectivity index (χ2n) is 8.69. The van der Waals surface area contributed by atoms with Gasteiger partial charge in [-0.1, -0.05) is 6.07 Å². The third-order valence-electron chi connectivity index (χ3n) is 6.65. The fraction of sp³-hybridized carbons (Fsp3) is 0.636. The lowest BCUT2D eigenvalue weighted by molar-refractivity contribution is -0.188. The molecule has 2 aromatic rings. The molecule has 1 aromatic heterocycles. The molecule has 29 heavy (non-hydrogen) atoms. The van der Waals surface area contributed by atoms with Gasteiger partial charge in [0.15, 0.2) is 5.79 Å². The normalized spacial score (nSPS) is 23.3. The number of hydrogen-bond donors (Lipinski definition) is 1. The van der Waals surface area contributed by atoms with Gasteiger partial charge in [-0.25, -0.2) is 4.98 Å². The van der Waals surface area contributed by atoms with Crippen LogP contribution in [-0.4, -0.2) is 70.9 Å². The molecule has 0 radical (unpaired) electrons. The maximum Gasteiger partial charge on any atom is 0.225 e. The SMILES string of the molecule is Cc1ccc2nc(CN3CCC(C(=O)N4CCC5(CC4)OCCO5)CC3)[nH]c2c1. The van der Waals surface area contributed by atoms with Crippen LogP contribution in [0.3, 0.4) is 0 Å². The summed E-state index contributed by atoms with van der Waals surface area (Å²) in [5, 5.41) is 0. The largest absolute Gasteiger partial charge is 0.347 e. The number of nitrogens with zero attached hydrogens (tertiary/aromatic N) is 3. The number of imidazole rings is 1. The number of likely N-dealkylation sites (tertiary alicyclic amines) is 2. The molecule has 0 bridgehead atoms. The van der Waals surface area contributed by atoms with E-state index < -0.39 is 5.79 Å². The first kappa shape index (κ1) is 19.0. The molecular weight excluding hydrogens is 368 g/mol. The highest BCUT2D eigenvalue weighted by Gasteiger charge is 2.41. The number of aromatic nitrogens is 2. The number of carbonyl (C=O) groups is 1. The first-order chi connectivity index (χ1) is 14.1. The average Bonchev–Trinajstić information content (AvgIpc) is 3.35. The van der Waals surface area contributed by atoms with Crippen molar-refractivity contribution in [3.05, 3.63) is 29.6 Å². The van der Waals surface area contributed by atoms with Crippen LogP contribution in [0, 0.1) is 12.8 Å². The molecule has 1 N–H and O–H groups in total. The molecule has 1 amide bonds. The van der Waals surface area contributed by atoms with Crippen LogP contribution in [0.5, 0.6) is 0 Å². The summed E-state index contributed by atoms with van der Waals surface area (Å²) in [5.74, 6) is 1.06. The van der Waals surface area contributed by atoms with Crippen LogP contribution < -0.4 is 0 Å². The van der Waals surface area contributed by atoms with E-state index >= 15 is 0 Å². The Morgan fingerprint density at radius 2 is 1.90 bits per heavy atom. The van der Waals surface area contributed by atoms with Gasteiger partial charge in [-0.15, -0.1) is 0 Å². The molecule has 3 saturated heterocycles. The number of fused-ring (bicyclic) bond motifs is 1. The number of ether oxygens (including phenoxy) is 2. The van der Waals surface area contributed by atoms with Crippen LogP contribution in [-0.2, 0) is 20.8 Å². The fourth-order valence-electron chi connectivity index (χ4n) is 4.91. The first-order valence-corrected chi connectivity index (χ1v) is 10.8. The van der Waals surface area contributed by atoms with Gasteiger partial charge in [0, 0.05) is 31.8 Å². The van der Waals surface area contributed by atoms with Gasteiger partial charge in [-0.3, -0.25) is 9.69 Å². The van der Waals surface area contributed by atoms with Crippen molar-refractivity contribution in [2.45, 2.75) is 44.9 Å². The van der Waals surface area contributed by atoms with Crippen molar-refractivity contribution >= 4 is 16.9 Å². The number of aromatic amines is 1. The quantitative estimate of drug-likeness (QED) is 0.860. The molecule has 1 spiro atoms. The van der Waals surface area contributed by atoms with Gasteiger partial charge < -0.3 is 19.4 Å². The van der Waals surface area contributed by atoms with E-state index in [2.05, 4.69) is 35.0 Å². The van der Waals surface area contributed by atoms with Gasteiger partial charge in [0.05, 0.1) is 30.8 Å². The number of nitrogens with one attached hydrogen (secondary N) is 1. The summed E-state index contributed by atoms with van der Waals surface area (Å²) in [7, 11) is 0. The summed E-state index contributed by atoms with van der Waals surface area (Å²) < 4.78 is 11.6. The van der Waals surface area contributed by atoms with Crippen LogP contribution >= 0.6 is 0 Å². The maximum absolute atomic E-state index is 13.0. The Bertz CT molecular complexity index is 871. The molecule has 0 aliphatic carbocycles. The average molecular weight is 399 g/mol. The van der Waals surface area contributed by atoms with Crippen molar-refractivity contribution in [2.24, 2.45) is 5.92 Å². The zero-order valence-corrected chi connectivity index (χ0v) is 17.2. The number of rotatable bonds is 3. The van der Waals surface area contributed by atoms with Crippen molar-refractivity contribution in [1.29, 1.82) is 0 Å². The van der Waals surface area contributed by atoms with E-state index in [1.165, 1.54) is 5.56 Å². The predicted octanol–water partition coefficient (Wildman–Crippen LogP) is 2.45. The van der Waals surface area contributed by atoms with Gasteiger partial charge in [-0.05, 0) is 50.6 Å². The van der Waals surface area contributed by atoms with Crippen LogP contribution in [0.4, 0.5) is 0 Å². The highest BCUT2D eigenvalue weighted by atomic mass is 16.7. The summed E-state index contributed by atoms with van der Waals surface area (Å²) in [4.78, 5) is 25.6. The van der Waals surface area contributed by atoms with E-state index in [4.69, 9.17) is 14.5 Å². The number of hydrogen-bond acceptors (Lipinski definition) is 5. The van der Waals surface area contributed by atoms with Gasteiger partial charge in [0.25, 0.3) is 0 Å². The third-order valence-corrected chi connectivity index (χ3v) is 6.65.